The lowest BCUT2D eigenvalue weighted by atomic mass is 10.00. The standard InChI is InChI=1S/C21H21N3O4/c1-3-28-24-20(25)17-10-16-9-8-15(11-18(16)23-19(22)12-17)13-4-6-14(7-5-13)21(26)27-2/h4-11H,3,12H2,1-2H3,(H2,22,23)(H,24,25). The van der Waals surface area contributed by atoms with Gasteiger partial charge in [0.05, 0.1) is 25.0 Å². The molecule has 1 aliphatic rings. The van der Waals surface area contributed by atoms with Crippen LogP contribution in [0.3, 0.4) is 0 Å². The van der Waals surface area contributed by atoms with E-state index in [1.165, 1.54) is 7.11 Å². The van der Waals surface area contributed by atoms with Gasteiger partial charge in [0.15, 0.2) is 0 Å². The number of amidine groups is 1. The number of amides is 1. The first-order valence-electron chi connectivity index (χ1n) is 8.80. The molecule has 0 fully saturated rings. The van der Waals surface area contributed by atoms with E-state index in [0.717, 1.165) is 16.7 Å². The molecule has 3 N–H and O–H groups in total. The Morgan fingerprint density at radius 1 is 1.14 bits per heavy atom. The van der Waals surface area contributed by atoms with Gasteiger partial charge in [-0.05, 0) is 42.3 Å². The van der Waals surface area contributed by atoms with Crippen molar-refractivity contribution >= 4 is 29.5 Å². The predicted octanol–water partition coefficient (Wildman–Crippen LogP) is 2.98. The van der Waals surface area contributed by atoms with Crippen molar-refractivity contribution in [3.8, 4) is 11.1 Å². The lowest BCUT2D eigenvalue weighted by molar-refractivity contribution is -0.129. The number of hydroxylamine groups is 1. The Kier molecular flexibility index (Phi) is 5.86. The largest absolute Gasteiger partial charge is 0.465 e. The summed E-state index contributed by atoms with van der Waals surface area (Å²) in [4.78, 5) is 33.2. The fourth-order valence-electron chi connectivity index (χ4n) is 2.84. The molecule has 2 aromatic carbocycles. The fraction of sp³-hybridized carbons (Fsp3) is 0.190. The van der Waals surface area contributed by atoms with Crippen LogP contribution in [0.25, 0.3) is 17.2 Å². The molecule has 28 heavy (non-hydrogen) atoms. The summed E-state index contributed by atoms with van der Waals surface area (Å²) >= 11 is 0. The summed E-state index contributed by atoms with van der Waals surface area (Å²) < 4.78 is 4.72. The Morgan fingerprint density at radius 3 is 2.54 bits per heavy atom. The molecule has 0 aromatic heterocycles. The average molecular weight is 379 g/mol. The van der Waals surface area contributed by atoms with Crippen LogP contribution < -0.4 is 11.2 Å². The number of methoxy groups -OCH3 is 1. The van der Waals surface area contributed by atoms with E-state index in [0.29, 0.717) is 29.3 Å². The highest BCUT2D eigenvalue weighted by atomic mass is 16.6. The van der Waals surface area contributed by atoms with Crippen molar-refractivity contribution in [2.45, 2.75) is 13.3 Å². The summed E-state index contributed by atoms with van der Waals surface area (Å²) in [6.07, 6.45) is 1.99. The number of hydrogen-bond acceptors (Lipinski definition) is 6. The molecule has 0 atom stereocenters. The number of aliphatic imine (C=N–C) groups is 1. The van der Waals surface area contributed by atoms with Gasteiger partial charge in [-0.2, -0.15) is 0 Å². The van der Waals surface area contributed by atoms with Crippen LogP contribution in [-0.2, 0) is 14.4 Å². The Bertz CT molecular complexity index is 962. The summed E-state index contributed by atoms with van der Waals surface area (Å²) in [5.41, 5.74) is 12.6. The SMILES string of the molecule is CCONC(=O)C1=Cc2ccc(-c3ccc(C(=O)OC)cc3)cc2N=C(N)C1. The number of ether oxygens (including phenoxy) is 1. The van der Waals surface area contributed by atoms with Crippen molar-refractivity contribution in [2.75, 3.05) is 13.7 Å². The molecule has 7 heteroatoms. The number of carbonyl (C=O) groups is 2. The van der Waals surface area contributed by atoms with E-state index < -0.39 is 0 Å². The van der Waals surface area contributed by atoms with Gasteiger partial charge in [0.25, 0.3) is 5.91 Å². The highest BCUT2D eigenvalue weighted by Gasteiger charge is 2.17. The molecule has 0 radical (unpaired) electrons. The summed E-state index contributed by atoms with van der Waals surface area (Å²) in [7, 11) is 1.35. The molecule has 1 amide bonds. The molecule has 3 rings (SSSR count). The highest BCUT2D eigenvalue weighted by molar-refractivity contribution is 6.05. The molecule has 0 aliphatic carbocycles. The minimum absolute atomic E-state index is 0.233. The number of nitrogens with two attached hydrogens (primary N) is 1. The molecule has 7 nitrogen and oxygen atoms in total. The summed E-state index contributed by atoms with van der Waals surface area (Å²) in [6.45, 7) is 2.16. The molecule has 0 saturated carbocycles. The van der Waals surface area contributed by atoms with Crippen molar-refractivity contribution in [1.29, 1.82) is 0 Å². The van der Waals surface area contributed by atoms with Gasteiger partial charge in [-0.1, -0.05) is 24.3 Å². The number of carbonyl (C=O) groups excluding carboxylic acids is 2. The van der Waals surface area contributed by atoms with Crippen LogP contribution in [0.15, 0.2) is 53.0 Å². The maximum absolute atomic E-state index is 12.2. The van der Waals surface area contributed by atoms with Crippen LogP contribution in [0, 0.1) is 0 Å². The maximum atomic E-state index is 12.2. The Labute approximate surface area is 162 Å². The molecule has 144 valence electrons. The topological polar surface area (TPSA) is 103 Å². The lowest BCUT2D eigenvalue weighted by Gasteiger charge is -2.07. The van der Waals surface area contributed by atoms with E-state index in [2.05, 4.69) is 10.5 Å². The van der Waals surface area contributed by atoms with E-state index >= 15 is 0 Å². The first-order valence-corrected chi connectivity index (χ1v) is 8.80. The van der Waals surface area contributed by atoms with E-state index in [9.17, 15) is 9.59 Å². The number of benzene rings is 2. The highest BCUT2D eigenvalue weighted by Crippen LogP contribution is 2.31. The van der Waals surface area contributed by atoms with Gasteiger partial charge in [0, 0.05) is 17.6 Å². The van der Waals surface area contributed by atoms with Crippen LogP contribution in [0.5, 0.6) is 0 Å². The van der Waals surface area contributed by atoms with Crippen LogP contribution >= 0.6 is 0 Å². The molecule has 2 aromatic rings. The normalized spacial score (nSPS) is 12.9. The molecule has 0 unspecified atom stereocenters. The zero-order chi connectivity index (χ0) is 20.1. The molecule has 0 saturated heterocycles. The number of esters is 1. The minimum Gasteiger partial charge on any atom is -0.465 e. The van der Waals surface area contributed by atoms with Gasteiger partial charge in [-0.3, -0.25) is 9.63 Å². The van der Waals surface area contributed by atoms with Crippen LogP contribution in [0.2, 0.25) is 0 Å². The minimum atomic E-state index is -0.381. The first-order chi connectivity index (χ1) is 13.5. The number of fused-ring (bicyclic) bond motifs is 1. The second kappa shape index (κ2) is 8.49. The van der Waals surface area contributed by atoms with Crippen LogP contribution in [0.4, 0.5) is 5.69 Å². The van der Waals surface area contributed by atoms with Crippen molar-refractivity contribution in [3.05, 3.63) is 59.2 Å². The van der Waals surface area contributed by atoms with Crippen molar-refractivity contribution in [1.82, 2.24) is 5.48 Å². The summed E-state index contributed by atoms with van der Waals surface area (Å²) in [6, 6.07) is 12.8. The maximum Gasteiger partial charge on any atom is 0.337 e. The zero-order valence-electron chi connectivity index (χ0n) is 15.7. The van der Waals surface area contributed by atoms with Gasteiger partial charge in [0.2, 0.25) is 0 Å². The van der Waals surface area contributed by atoms with Crippen molar-refractivity contribution < 1.29 is 19.2 Å². The van der Waals surface area contributed by atoms with Gasteiger partial charge < -0.3 is 10.5 Å². The average Bonchev–Trinajstić information content (AvgIpc) is 2.88. The van der Waals surface area contributed by atoms with E-state index in [4.69, 9.17) is 15.3 Å². The molecule has 1 aliphatic heterocycles. The number of nitrogens with one attached hydrogen (secondary N) is 1. The number of rotatable bonds is 5. The smallest absolute Gasteiger partial charge is 0.337 e. The molecule has 0 spiro atoms. The second-order valence-electron chi connectivity index (χ2n) is 6.16. The quantitative estimate of drug-likeness (QED) is 0.614. The van der Waals surface area contributed by atoms with Gasteiger partial charge in [0.1, 0.15) is 5.84 Å². The summed E-state index contributed by atoms with van der Waals surface area (Å²) in [5.74, 6) is -0.376. The van der Waals surface area contributed by atoms with Crippen LogP contribution in [-0.4, -0.2) is 31.4 Å². The monoisotopic (exact) mass is 379 g/mol. The third kappa shape index (κ3) is 4.27. The lowest BCUT2D eigenvalue weighted by Crippen LogP contribution is -2.27. The molecule has 0 bridgehead atoms. The molecular formula is C21H21N3O4. The van der Waals surface area contributed by atoms with E-state index in [-0.39, 0.29) is 18.3 Å². The summed E-state index contributed by atoms with van der Waals surface area (Å²) in [5, 5.41) is 0. The second-order valence-corrected chi connectivity index (χ2v) is 6.16. The van der Waals surface area contributed by atoms with E-state index in [1.807, 2.05) is 30.3 Å². The Balaban J connectivity index is 1.92. The van der Waals surface area contributed by atoms with Gasteiger partial charge in [-0.25, -0.2) is 15.3 Å². The third-order valence-electron chi connectivity index (χ3n) is 4.24. The van der Waals surface area contributed by atoms with E-state index in [1.54, 1.807) is 25.1 Å². The van der Waals surface area contributed by atoms with Crippen molar-refractivity contribution in [3.63, 3.8) is 0 Å². The fourth-order valence-corrected chi connectivity index (χ4v) is 2.84. The number of hydrogen-bond donors (Lipinski definition) is 2. The molecular weight excluding hydrogens is 358 g/mol. The third-order valence-corrected chi connectivity index (χ3v) is 4.24. The predicted molar refractivity (Wildman–Crippen MR) is 107 cm³/mol. The zero-order valence-corrected chi connectivity index (χ0v) is 15.7. The van der Waals surface area contributed by atoms with Crippen molar-refractivity contribution in [2.24, 2.45) is 10.7 Å². The van der Waals surface area contributed by atoms with Gasteiger partial charge in [-0.15, -0.1) is 0 Å². The van der Waals surface area contributed by atoms with Crippen LogP contribution in [0.1, 0.15) is 29.3 Å². The number of nitrogens with zero attached hydrogens (tertiary/aromatic N) is 1. The molecule has 1 heterocycles. The van der Waals surface area contributed by atoms with Gasteiger partial charge >= 0.3 is 5.97 Å². The first kappa shape index (κ1) is 19.3. The Hall–Kier alpha value is -3.45. The Morgan fingerprint density at radius 2 is 1.86 bits per heavy atom.